The molecule has 2 heterocycles. The lowest BCUT2D eigenvalue weighted by Gasteiger charge is -1.93. The Morgan fingerprint density at radius 1 is 1.62 bits per heavy atom. The van der Waals surface area contributed by atoms with Gasteiger partial charge in [0.05, 0.1) is 4.92 Å². The van der Waals surface area contributed by atoms with E-state index in [4.69, 9.17) is 11.6 Å². The Balaban J connectivity index is 2.86. The van der Waals surface area contributed by atoms with Crippen LogP contribution in [0.3, 0.4) is 0 Å². The average molecular weight is 215 g/mol. The molecule has 6 heteroatoms. The molecule has 0 fully saturated rings. The Bertz CT molecular complexity index is 482. The van der Waals surface area contributed by atoms with E-state index in [-0.39, 0.29) is 5.69 Å². The highest BCUT2D eigenvalue weighted by atomic mass is 35.5. The number of thiophene rings is 1. The van der Waals surface area contributed by atoms with E-state index in [1.54, 1.807) is 11.4 Å². The van der Waals surface area contributed by atoms with Crippen molar-refractivity contribution in [1.82, 2.24) is 4.98 Å². The van der Waals surface area contributed by atoms with Crippen LogP contribution in [0.1, 0.15) is 0 Å². The second-order valence-corrected chi connectivity index (χ2v) is 3.63. The van der Waals surface area contributed by atoms with Crippen LogP contribution in [0, 0.1) is 10.1 Å². The first-order valence-corrected chi connectivity index (χ1v) is 4.62. The van der Waals surface area contributed by atoms with Crippen LogP contribution in [0.25, 0.3) is 10.1 Å². The van der Waals surface area contributed by atoms with E-state index in [0.717, 1.165) is 0 Å². The van der Waals surface area contributed by atoms with E-state index < -0.39 is 4.92 Å². The first-order chi connectivity index (χ1) is 6.20. The fourth-order valence-corrected chi connectivity index (χ4v) is 2.19. The number of nitrogens with zero attached hydrogens (tertiary/aromatic N) is 2. The van der Waals surface area contributed by atoms with Gasteiger partial charge in [-0.05, 0) is 11.4 Å². The Kier molecular flexibility index (Phi) is 1.90. The highest BCUT2D eigenvalue weighted by Crippen LogP contribution is 2.33. The van der Waals surface area contributed by atoms with Gasteiger partial charge in [0.1, 0.15) is 16.0 Å². The van der Waals surface area contributed by atoms with Crippen LogP contribution in [-0.2, 0) is 0 Å². The van der Waals surface area contributed by atoms with Crippen LogP contribution in [0.2, 0.25) is 5.15 Å². The van der Waals surface area contributed by atoms with E-state index in [9.17, 15) is 10.1 Å². The maximum absolute atomic E-state index is 10.6. The molecule has 0 amide bonds. The smallest absolute Gasteiger partial charge is 0.258 e. The standard InChI is InChI=1S/C7H3ClN2O2S/c8-7-4-1-2-13-6(4)5(3-9-7)10(11)12/h1-3H. The molecule has 2 rings (SSSR count). The van der Waals surface area contributed by atoms with Gasteiger partial charge >= 0.3 is 5.69 Å². The van der Waals surface area contributed by atoms with Crippen molar-refractivity contribution in [3.05, 3.63) is 32.9 Å². The minimum absolute atomic E-state index is 0.00870. The van der Waals surface area contributed by atoms with Crippen LogP contribution in [0.15, 0.2) is 17.6 Å². The Morgan fingerprint density at radius 2 is 2.38 bits per heavy atom. The van der Waals surface area contributed by atoms with Crippen LogP contribution >= 0.6 is 22.9 Å². The number of rotatable bonds is 1. The van der Waals surface area contributed by atoms with Crippen molar-refractivity contribution >= 4 is 38.7 Å². The van der Waals surface area contributed by atoms with Crippen LogP contribution in [0.5, 0.6) is 0 Å². The monoisotopic (exact) mass is 214 g/mol. The van der Waals surface area contributed by atoms with Gasteiger partial charge in [-0.25, -0.2) is 4.98 Å². The Labute approximate surface area is 81.9 Å². The molecule has 0 aromatic carbocycles. The third-order valence-electron chi connectivity index (χ3n) is 1.62. The summed E-state index contributed by atoms with van der Waals surface area (Å²) < 4.78 is 0.574. The number of aromatic nitrogens is 1. The van der Waals surface area contributed by atoms with Gasteiger partial charge in [-0.1, -0.05) is 11.6 Å². The van der Waals surface area contributed by atoms with Gasteiger partial charge in [0.25, 0.3) is 0 Å². The Morgan fingerprint density at radius 3 is 3.08 bits per heavy atom. The normalized spacial score (nSPS) is 10.5. The zero-order valence-corrected chi connectivity index (χ0v) is 7.80. The zero-order chi connectivity index (χ0) is 9.42. The molecular weight excluding hydrogens is 212 g/mol. The number of hydrogen-bond donors (Lipinski definition) is 0. The molecule has 66 valence electrons. The van der Waals surface area contributed by atoms with Crippen LogP contribution in [0.4, 0.5) is 5.69 Å². The molecule has 0 radical (unpaired) electrons. The summed E-state index contributed by atoms with van der Waals surface area (Å²) in [5.74, 6) is 0. The molecule has 0 aliphatic rings. The van der Waals surface area contributed by atoms with Gasteiger partial charge in [0.2, 0.25) is 0 Å². The van der Waals surface area contributed by atoms with E-state index >= 15 is 0 Å². The van der Waals surface area contributed by atoms with Crippen LogP contribution < -0.4 is 0 Å². The fraction of sp³-hybridized carbons (Fsp3) is 0. The number of hydrogen-bond acceptors (Lipinski definition) is 4. The molecule has 0 saturated heterocycles. The van der Waals surface area contributed by atoms with Crippen molar-refractivity contribution < 1.29 is 4.92 Å². The lowest BCUT2D eigenvalue weighted by molar-refractivity contribution is -0.383. The van der Waals surface area contributed by atoms with Gasteiger partial charge in [-0.2, -0.15) is 0 Å². The second kappa shape index (κ2) is 2.93. The lowest BCUT2D eigenvalue weighted by atomic mass is 10.3. The van der Waals surface area contributed by atoms with Crippen molar-refractivity contribution in [2.75, 3.05) is 0 Å². The zero-order valence-electron chi connectivity index (χ0n) is 6.23. The van der Waals surface area contributed by atoms with Crippen molar-refractivity contribution in [1.29, 1.82) is 0 Å². The molecule has 0 spiro atoms. The van der Waals surface area contributed by atoms with Gasteiger partial charge in [-0.3, -0.25) is 10.1 Å². The first-order valence-electron chi connectivity index (χ1n) is 3.36. The molecule has 0 aliphatic carbocycles. The largest absolute Gasteiger partial charge is 0.305 e. The summed E-state index contributed by atoms with van der Waals surface area (Å²) in [5.41, 5.74) is 0.00870. The second-order valence-electron chi connectivity index (χ2n) is 2.35. The molecule has 0 atom stereocenters. The average Bonchev–Trinajstić information content (AvgIpc) is 2.53. The maximum Gasteiger partial charge on any atom is 0.305 e. The molecule has 4 nitrogen and oxygen atoms in total. The van der Waals surface area contributed by atoms with Crippen molar-refractivity contribution in [2.24, 2.45) is 0 Å². The summed E-state index contributed by atoms with van der Waals surface area (Å²) in [7, 11) is 0. The highest BCUT2D eigenvalue weighted by molar-refractivity contribution is 7.17. The molecule has 2 aromatic rings. The summed E-state index contributed by atoms with van der Waals surface area (Å²) in [4.78, 5) is 13.8. The number of nitro groups is 1. The summed E-state index contributed by atoms with van der Waals surface area (Å²) in [6.45, 7) is 0. The molecule has 0 unspecified atom stereocenters. The quantitative estimate of drug-likeness (QED) is 0.417. The number of halogens is 1. The van der Waals surface area contributed by atoms with E-state index in [2.05, 4.69) is 4.98 Å². The van der Waals surface area contributed by atoms with Crippen molar-refractivity contribution in [3.63, 3.8) is 0 Å². The van der Waals surface area contributed by atoms with Crippen LogP contribution in [-0.4, -0.2) is 9.91 Å². The van der Waals surface area contributed by atoms with Gasteiger partial charge in [-0.15, -0.1) is 11.3 Å². The number of pyridine rings is 1. The molecule has 0 bridgehead atoms. The number of fused-ring (bicyclic) bond motifs is 1. The molecule has 2 aromatic heterocycles. The molecule has 0 saturated carbocycles. The topological polar surface area (TPSA) is 56.0 Å². The van der Waals surface area contributed by atoms with Gasteiger partial charge < -0.3 is 0 Å². The van der Waals surface area contributed by atoms with Gasteiger partial charge in [0.15, 0.2) is 0 Å². The molecule has 0 aliphatic heterocycles. The SMILES string of the molecule is O=[N+]([O-])c1cnc(Cl)c2ccsc12. The Hall–Kier alpha value is -1.20. The molecular formula is C7H3ClN2O2S. The van der Waals surface area contributed by atoms with E-state index in [0.29, 0.717) is 15.2 Å². The first kappa shape index (κ1) is 8.40. The van der Waals surface area contributed by atoms with E-state index in [1.807, 2.05) is 0 Å². The molecule has 13 heavy (non-hydrogen) atoms. The highest BCUT2D eigenvalue weighted by Gasteiger charge is 2.15. The summed E-state index contributed by atoms with van der Waals surface area (Å²) in [6, 6.07) is 1.72. The van der Waals surface area contributed by atoms with Gasteiger partial charge in [0, 0.05) is 5.39 Å². The fourth-order valence-electron chi connectivity index (χ4n) is 1.05. The summed E-state index contributed by atoms with van der Waals surface area (Å²) in [6.07, 6.45) is 1.18. The lowest BCUT2D eigenvalue weighted by Crippen LogP contribution is -1.89. The minimum atomic E-state index is -0.456. The van der Waals surface area contributed by atoms with Crippen molar-refractivity contribution in [3.8, 4) is 0 Å². The predicted octanol–water partition coefficient (Wildman–Crippen LogP) is 2.86. The summed E-state index contributed by atoms with van der Waals surface area (Å²) >= 11 is 7.04. The molecule has 0 N–H and O–H groups in total. The summed E-state index contributed by atoms with van der Waals surface area (Å²) in [5, 5.41) is 13.3. The van der Waals surface area contributed by atoms with E-state index in [1.165, 1.54) is 17.5 Å². The maximum atomic E-state index is 10.6. The van der Waals surface area contributed by atoms with Crippen molar-refractivity contribution in [2.45, 2.75) is 0 Å². The third kappa shape index (κ3) is 1.26. The predicted molar refractivity (Wildman–Crippen MR) is 51.3 cm³/mol. The third-order valence-corrected chi connectivity index (χ3v) is 2.86. The minimum Gasteiger partial charge on any atom is -0.258 e.